The fraction of sp³-hybridized carbons (Fsp3) is 0.450. The predicted molar refractivity (Wildman–Crippen MR) is 103 cm³/mol. The van der Waals surface area contributed by atoms with Gasteiger partial charge in [0.05, 0.1) is 17.2 Å². The number of aryl methyl sites for hydroxylation is 1. The van der Waals surface area contributed by atoms with Gasteiger partial charge >= 0.3 is 0 Å². The lowest BCUT2D eigenvalue weighted by atomic mass is 9.76. The molecule has 0 unspecified atom stereocenters. The van der Waals surface area contributed by atoms with Gasteiger partial charge in [-0.25, -0.2) is 14.6 Å². The maximum absolute atomic E-state index is 9.42. The van der Waals surface area contributed by atoms with Crippen LogP contribution >= 0.6 is 11.3 Å². The molecule has 1 aliphatic carbocycles. The van der Waals surface area contributed by atoms with Crippen LogP contribution in [0.25, 0.3) is 10.7 Å². The smallest absolute Gasteiger partial charge is 0.170 e. The average Bonchev–Trinajstić information content (AvgIpc) is 3.17. The minimum Gasteiger partial charge on any atom is -0.389 e. The number of thiazole rings is 1. The van der Waals surface area contributed by atoms with Crippen LogP contribution in [-0.4, -0.2) is 24.9 Å². The number of aromatic nitrogens is 4. The summed E-state index contributed by atoms with van der Waals surface area (Å²) in [4.78, 5) is 10.3. The quantitative estimate of drug-likeness (QED) is 0.718. The van der Waals surface area contributed by atoms with E-state index in [1.54, 1.807) is 0 Å². The largest absolute Gasteiger partial charge is 0.389 e. The summed E-state index contributed by atoms with van der Waals surface area (Å²) in [5.74, 6) is 3.24. The molecule has 0 amide bonds. The Hall–Kier alpha value is -2.05. The summed E-state index contributed by atoms with van der Waals surface area (Å²) in [6.45, 7) is 5.16. The molecule has 3 aromatic rings. The van der Waals surface area contributed by atoms with E-state index in [4.69, 9.17) is 10.1 Å². The zero-order valence-electron chi connectivity index (χ0n) is 15.2. The van der Waals surface area contributed by atoms with E-state index >= 15 is 0 Å². The molecule has 0 bridgehead atoms. The monoisotopic (exact) mass is 368 g/mol. The molecule has 0 aliphatic heterocycles. The Labute approximate surface area is 157 Å². The van der Waals surface area contributed by atoms with Gasteiger partial charge in [0.2, 0.25) is 0 Å². The predicted octanol–water partition coefficient (Wildman–Crippen LogP) is 3.84. The molecular weight excluding hydrogens is 344 g/mol. The lowest BCUT2D eigenvalue weighted by Gasteiger charge is -2.32. The van der Waals surface area contributed by atoms with Crippen LogP contribution < -0.4 is 0 Å². The molecule has 0 atom stereocenters. The highest BCUT2D eigenvalue weighted by Gasteiger charge is 2.28. The van der Waals surface area contributed by atoms with Crippen molar-refractivity contribution in [1.29, 1.82) is 0 Å². The molecule has 1 N–H and O–H groups in total. The van der Waals surface area contributed by atoms with Crippen LogP contribution in [0.3, 0.4) is 0 Å². The number of aliphatic hydroxyl groups excluding tert-OH is 1. The van der Waals surface area contributed by atoms with Crippen LogP contribution in [0, 0.1) is 18.8 Å². The highest BCUT2D eigenvalue weighted by Crippen LogP contribution is 2.36. The van der Waals surface area contributed by atoms with Gasteiger partial charge in [-0.15, -0.1) is 11.3 Å². The van der Waals surface area contributed by atoms with Crippen molar-refractivity contribution in [2.24, 2.45) is 11.8 Å². The summed E-state index contributed by atoms with van der Waals surface area (Å²) in [6, 6.07) is 10.3. The van der Waals surface area contributed by atoms with Crippen LogP contribution in [0.5, 0.6) is 0 Å². The van der Waals surface area contributed by atoms with Crippen LogP contribution in [0.15, 0.2) is 30.3 Å². The fourth-order valence-electron chi connectivity index (χ4n) is 3.73. The Morgan fingerprint density at radius 2 is 1.96 bits per heavy atom. The molecule has 1 aromatic carbocycles. The van der Waals surface area contributed by atoms with Gasteiger partial charge < -0.3 is 5.11 Å². The van der Waals surface area contributed by atoms with E-state index in [1.165, 1.54) is 29.7 Å². The van der Waals surface area contributed by atoms with E-state index in [-0.39, 0.29) is 6.61 Å². The molecule has 1 fully saturated rings. The number of aliphatic hydroxyl groups is 1. The first-order valence-corrected chi connectivity index (χ1v) is 9.99. The summed E-state index contributed by atoms with van der Waals surface area (Å²) >= 11 is 1.52. The van der Waals surface area contributed by atoms with Crippen molar-refractivity contribution in [2.75, 3.05) is 0 Å². The summed E-state index contributed by atoms with van der Waals surface area (Å²) in [6.07, 6.45) is 3.25. The second kappa shape index (κ2) is 7.29. The zero-order valence-corrected chi connectivity index (χ0v) is 16.0. The lowest BCUT2D eigenvalue weighted by molar-refractivity contribution is 0.182. The highest BCUT2D eigenvalue weighted by atomic mass is 32.1. The van der Waals surface area contributed by atoms with Gasteiger partial charge in [-0.1, -0.05) is 37.3 Å². The van der Waals surface area contributed by atoms with Crippen molar-refractivity contribution < 1.29 is 5.11 Å². The molecule has 0 saturated heterocycles. The molecule has 0 spiro atoms. The average molecular weight is 369 g/mol. The third kappa shape index (κ3) is 3.57. The molecule has 5 nitrogen and oxygen atoms in total. The van der Waals surface area contributed by atoms with E-state index in [0.29, 0.717) is 5.92 Å². The van der Waals surface area contributed by atoms with Gasteiger partial charge in [-0.3, -0.25) is 0 Å². The zero-order chi connectivity index (χ0) is 18.1. The van der Waals surface area contributed by atoms with Crippen molar-refractivity contribution >= 4 is 11.3 Å². The number of hydrogen-bond donors (Lipinski definition) is 1. The first-order chi connectivity index (χ1) is 12.6. The molecule has 2 aromatic heterocycles. The SMILES string of the molecule is Cc1nc(CO)sc1-c1nc(Cc2ccccc2)nn1CC1CC(C)C1. The minimum absolute atomic E-state index is 0.0311. The molecular formula is C20H24N4OS. The van der Waals surface area contributed by atoms with Crippen LogP contribution in [-0.2, 0) is 19.6 Å². The highest BCUT2D eigenvalue weighted by molar-refractivity contribution is 7.15. The molecule has 136 valence electrons. The first kappa shape index (κ1) is 17.4. The molecule has 6 heteroatoms. The van der Waals surface area contributed by atoms with Crippen LogP contribution in [0.4, 0.5) is 0 Å². The number of nitrogens with zero attached hydrogens (tertiary/aromatic N) is 4. The molecule has 0 radical (unpaired) electrons. The Balaban J connectivity index is 1.66. The second-order valence-corrected chi connectivity index (χ2v) is 8.40. The van der Waals surface area contributed by atoms with Crippen LogP contribution in [0.1, 0.15) is 41.9 Å². The third-order valence-electron chi connectivity index (χ3n) is 5.00. The minimum atomic E-state index is -0.0311. The number of rotatable bonds is 6. The van der Waals surface area contributed by atoms with Crippen molar-refractivity contribution in [3.8, 4) is 10.7 Å². The van der Waals surface area contributed by atoms with Crippen molar-refractivity contribution in [1.82, 2.24) is 19.7 Å². The Morgan fingerprint density at radius 1 is 1.19 bits per heavy atom. The van der Waals surface area contributed by atoms with E-state index in [2.05, 4.69) is 28.7 Å². The van der Waals surface area contributed by atoms with Gasteiger partial charge in [-0.05, 0) is 37.2 Å². The standard InChI is InChI=1S/C20H24N4OS/c1-13-8-16(9-13)11-24-20(19-14(2)21-18(12-25)26-19)22-17(23-24)10-15-6-4-3-5-7-15/h3-7,13,16,25H,8-12H2,1-2H3. The van der Waals surface area contributed by atoms with Gasteiger partial charge in [0.15, 0.2) is 11.6 Å². The maximum Gasteiger partial charge on any atom is 0.170 e. The molecule has 1 aliphatic rings. The first-order valence-electron chi connectivity index (χ1n) is 9.17. The summed E-state index contributed by atoms with van der Waals surface area (Å²) in [5, 5.41) is 15.0. The Kier molecular flexibility index (Phi) is 4.87. The normalized spacial score (nSPS) is 19.5. The van der Waals surface area contributed by atoms with Crippen molar-refractivity contribution in [3.05, 3.63) is 52.4 Å². The van der Waals surface area contributed by atoms with E-state index in [0.717, 1.165) is 46.1 Å². The molecule has 1 saturated carbocycles. The number of benzene rings is 1. The van der Waals surface area contributed by atoms with Gasteiger partial charge in [0.25, 0.3) is 0 Å². The second-order valence-electron chi connectivity index (χ2n) is 7.32. The summed E-state index contributed by atoms with van der Waals surface area (Å²) < 4.78 is 2.07. The van der Waals surface area contributed by atoms with Crippen molar-refractivity contribution in [2.45, 2.75) is 46.3 Å². The van der Waals surface area contributed by atoms with Crippen molar-refractivity contribution in [3.63, 3.8) is 0 Å². The number of hydrogen-bond acceptors (Lipinski definition) is 5. The van der Waals surface area contributed by atoms with Crippen LogP contribution in [0.2, 0.25) is 0 Å². The van der Waals surface area contributed by atoms with Gasteiger partial charge in [-0.2, -0.15) is 5.10 Å². The Morgan fingerprint density at radius 3 is 2.62 bits per heavy atom. The lowest BCUT2D eigenvalue weighted by Crippen LogP contribution is -2.26. The summed E-state index contributed by atoms with van der Waals surface area (Å²) in [7, 11) is 0. The van der Waals surface area contributed by atoms with Gasteiger partial charge in [0.1, 0.15) is 5.01 Å². The molecule has 2 heterocycles. The third-order valence-corrected chi connectivity index (χ3v) is 6.14. The Bertz CT molecular complexity index is 881. The molecule has 4 rings (SSSR count). The summed E-state index contributed by atoms with van der Waals surface area (Å²) in [5.41, 5.74) is 2.13. The maximum atomic E-state index is 9.42. The van der Waals surface area contributed by atoms with E-state index in [9.17, 15) is 5.11 Å². The van der Waals surface area contributed by atoms with E-state index in [1.807, 2.05) is 25.1 Å². The topological polar surface area (TPSA) is 63.8 Å². The van der Waals surface area contributed by atoms with Gasteiger partial charge in [0, 0.05) is 13.0 Å². The fourth-order valence-corrected chi connectivity index (χ4v) is 4.65. The molecule has 26 heavy (non-hydrogen) atoms. The van der Waals surface area contributed by atoms with E-state index < -0.39 is 0 Å².